The first-order valence-electron chi connectivity index (χ1n) is 6.29. The van der Waals surface area contributed by atoms with E-state index in [2.05, 4.69) is 55.2 Å². The summed E-state index contributed by atoms with van der Waals surface area (Å²) in [5.41, 5.74) is 3.07. The molecule has 0 saturated heterocycles. The molecule has 1 aromatic rings. The van der Waals surface area contributed by atoms with Crippen LogP contribution in [0.2, 0.25) is 0 Å². The van der Waals surface area contributed by atoms with Crippen molar-refractivity contribution < 1.29 is 0 Å². The normalized spacial score (nSPS) is 24.1. The van der Waals surface area contributed by atoms with E-state index in [1.165, 1.54) is 24.2 Å². The Hall–Kier alpha value is -0.470. The second-order valence-corrected chi connectivity index (χ2v) is 5.78. The van der Waals surface area contributed by atoms with E-state index in [-0.39, 0.29) is 0 Å². The van der Waals surface area contributed by atoms with E-state index in [1.54, 1.807) is 5.56 Å². The molecule has 2 heteroatoms. The Morgan fingerprint density at radius 2 is 2.12 bits per heavy atom. The molecule has 0 amide bonds. The lowest BCUT2D eigenvalue weighted by Crippen LogP contribution is -2.34. The fraction of sp³-hybridized carbons (Fsp3) is 0.571. The Balaban J connectivity index is 2.24. The molecule has 2 atom stereocenters. The van der Waals surface area contributed by atoms with Crippen LogP contribution in [0.1, 0.15) is 37.4 Å². The van der Waals surface area contributed by atoms with Crippen LogP contribution >= 0.6 is 11.8 Å². The maximum absolute atomic E-state index is 3.65. The lowest BCUT2D eigenvalue weighted by atomic mass is 9.87. The molecule has 2 rings (SSSR count). The fourth-order valence-corrected chi connectivity index (χ4v) is 3.73. The van der Waals surface area contributed by atoms with Gasteiger partial charge in [0.2, 0.25) is 0 Å². The average molecular weight is 235 g/mol. The van der Waals surface area contributed by atoms with Crippen molar-refractivity contribution in [3.05, 3.63) is 35.4 Å². The van der Waals surface area contributed by atoms with Gasteiger partial charge < -0.3 is 5.32 Å². The van der Waals surface area contributed by atoms with E-state index in [0.717, 1.165) is 11.8 Å². The van der Waals surface area contributed by atoms with Crippen molar-refractivity contribution in [2.24, 2.45) is 0 Å². The Morgan fingerprint density at radius 3 is 2.88 bits per heavy atom. The summed E-state index contributed by atoms with van der Waals surface area (Å²) in [6.07, 6.45) is 2.56. The zero-order chi connectivity index (χ0) is 11.4. The van der Waals surface area contributed by atoms with Gasteiger partial charge in [0.05, 0.1) is 0 Å². The van der Waals surface area contributed by atoms with Gasteiger partial charge in [0, 0.05) is 11.3 Å². The molecule has 0 spiro atoms. The number of thioether (sulfide) groups is 1. The Morgan fingerprint density at radius 1 is 1.31 bits per heavy atom. The first-order valence-corrected chi connectivity index (χ1v) is 7.34. The van der Waals surface area contributed by atoms with Crippen molar-refractivity contribution in [3.8, 4) is 0 Å². The van der Waals surface area contributed by atoms with Crippen LogP contribution in [0.5, 0.6) is 0 Å². The molecule has 1 aromatic carbocycles. The van der Waals surface area contributed by atoms with E-state index < -0.39 is 0 Å². The lowest BCUT2D eigenvalue weighted by Gasteiger charge is -2.33. The van der Waals surface area contributed by atoms with Crippen molar-refractivity contribution in [1.82, 2.24) is 5.32 Å². The molecule has 0 fully saturated rings. The van der Waals surface area contributed by atoms with Crippen molar-refractivity contribution in [2.75, 3.05) is 12.3 Å². The van der Waals surface area contributed by atoms with E-state index in [0.29, 0.717) is 6.04 Å². The predicted molar refractivity (Wildman–Crippen MR) is 73.1 cm³/mol. The smallest absolute Gasteiger partial charge is 0.0443 e. The molecule has 0 saturated carbocycles. The van der Waals surface area contributed by atoms with Gasteiger partial charge in [0.25, 0.3) is 0 Å². The Kier molecular flexibility index (Phi) is 4.30. The van der Waals surface area contributed by atoms with Crippen LogP contribution < -0.4 is 5.32 Å². The highest BCUT2D eigenvalue weighted by molar-refractivity contribution is 7.99. The lowest BCUT2D eigenvalue weighted by molar-refractivity contribution is 0.484. The van der Waals surface area contributed by atoms with Gasteiger partial charge in [-0.25, -0.2) is 0 Å². The highest BCUT2D eigenvalue weighted by Crippen LogP contribution is 2.36. The van der Waals surface area contributed by atoms with Gasteiger partial charge >= 0.3 is 0 Å². The Labute approximate surface area is 103 Å². The van der Waals surface area contributed by atoms with E-state index in [9.17, 15) is 0 Å². The van der Waals surface area contributed by atoms with Gasteiger partial charge in [0.1, 0.15) is 0 Å². The van der Waals surface area contributed by atoms with Crippen molar-refractivity contribution in [3.63, 3.8) is 0 Å². The standard InChI is InChI=1S/C14H21NS/c1-3-15-14-12-8-6-5-7-11(12)9-10-13(14)16-4-2/h5-8,13-15H,3-4,9-10H2,1-2H3. The molecular weight excluding hydrogens is 214 g/mol. The highest BCUT2D eigenvalue weighted by atomic mass is 32.2. The third-order valence-electron chi connectivity index (χ3n) is 3.26. The van der Waals surface area contributed by atoms with Crippen LogP contribution in [0, 0.1) is 0 Å². The number of benzene rings is 1. The van der Waals surface area contributed by atoms with Gasteiger partial charge in [-0.2, -0.15) is 11.8 Å². The number of aryl methyl sites for hydroxylation is 1. The number of hydrogen-bond acceptors (Lipinski definition) is 2. The molecule has 16 heavy (non-hydrogen) atoms. The summed E-state index contributed by atoms with van der Waals surface area (Å²) in [4.78, 5) is 0. The average Bonchev–Trinajstić information content (AvgIpc) is 2.32. The second kappa shape index (κ2) is 5.74. The molecule has 88 valence electrons. The third-order valence-corrected chi connectivity index (χ3v) is 4.53. The molecule has 0 bridgehead atoms. The molecule has 1 aliphatic carbocycles. The zero-order valence-corrected chi connectivity index (χ0v) is 11.0. The zero-order valence-electron chi connectivity index (χ0n) is 10.2. The summed E-state index contributed by atoms with van der Waals surface area (Å²) in [6.45, 7) is 5.51. The molecule has 2 unspecified atom stereocenters. The monoisotopic (exact) mass is 235 g/mol. The maximum atomic E-state index is 3.65. The highest BCUT2D eigenvalue weighted by Gasteiger charge is 2.28. The van der Waals surface area contributed by atoms with Crippen molar-refractivity contribution in [1.29, 1.82) is 0 Å². The molecule has 0 radical (unpaired) electrons. The van der Waals surface area contributed by atoms with Crippen LogP contribution in [0.15, 0.2) is 24.3 Å². The van der Waals surface area contributed by atoms with Gasteiger partial charge in [-0.15, -0.1) is 0 Å². The quantitative estimate of drug-likeness (QED) is 0.858. The predicted octanol–water partition coefficient (Wildman–Crippen LogP) is 3.41. The minimum absolute atomic E-state index is 0.555. The molecule has 1 N–H and O–H groups in total. The number of nitrogens with one attached hydrogen (secondary N) is 1. The van der Waals surface area contributed by atoms with Crippen LogP contribution in [-0.2, 0) is 6.42 Å². The number of hydrogen-bond donors (Lipinski definition) is 1. The summed E-state index contributed by atoms with van der Waals surface area (Å²) in [5, 5.41) is 4.40. The summed E-state index contributed by atoms with van der Waals surface area (Å²) in [7, 11) is 0. The third kappa shape index (κ3) is 2.44. The van der Waals surface area contributed by atoms with Crippen molar-refractivity contribution in [2.45, 2.75) is 38.0 Å². The molecule has 0 aromatic heterocycles. The van der Waals surface area contributed by atoms with Crippen LogP contribution in [0.3, 0.4) is 0 Å². The first-order chi connectivity index (χ1) is 7.86. The van der Waals surface area contributed by atoms with Crippen LogP contribution in [0.25, 0.3) is 0 Å². The second-order valence-electron chi connectivity index (χ2n) is 4.27. The number of rotatable bonds is 4. The molecule has 1 aliphatic rings. The minimum atomic E-state index is 0.555. The van der Waals surface area contributed by atoms with E-state index >= 15 is 0 Å². The van der Waals surface area contributed by atoms with E-state index in [4.69, 9.17) is 0 Å². The topological polar surface area (TPSA) is 12.0 Å². The fourth-order valence-electron chi connectivity index (χ4n) is 2.58. The largest absolute Gasteiger partial charge is 0.309 e. The van der Waals surface area contributed by atoms with Gasteiger partial charge in [-0.1, -0.05) is 38.1 Å². The van der Waals surface area contributed by atoms with Crippen molar-refractivity contribution >= 4 is 11.8 Å². The number of fused-ring (bicyclic) bond motifs is 1. The SMILES string of the molecule is CCNC1c2ccccc2CCC1SCC. The molecule has 1 nitrogen and oxygen atoms in total. The van der Waals surface area contributed by atoms with Gasteiger partial charge in [-0.05, 0) is 36.3 Å². The summed E-state index contributed by atoms with van der Waals surface area (Å²) < 4.78 is 0. The minimum Gasteiger partial charge on any atom is -0.309 e. The van der Waals surface area contributed by atoms with Gasteiger partial charge in [0.15, 0.2) is 0 Å². The maximum Gasteiger partial charge on any atom is 0.0443 e. The van der Waals surface area contributed by atoms with Gasteiger partial charge in [-0.3, -0.25) is 0 Å². The Bertz CT molecular complexity index is 337. The summed E-state index contributed by atoms with van der Waals surface area (Å²) in [6, 6.07) is 9.47. The summed E-state index contributed by atoms with van der Waals surface area (Å²) >= 11 is 2.10. The van der Waals surface area contributed by atoms with Crippen LogP contribution in [-0.4, -0.2) is 17.5 Å². The van der Waals surface area contributed by atoms with E-state index in [1.807, 2.05) is 0 Å². The molecule has 0 aliphatic heterocycles. The molecule has 0 heterocycles. The molecular formula is C14H21NS. The van der Waals surface area contributed by atoms with Crippen LogP contribution in [0.4, 0.5) is 0 Å². The summed E-state index contributed by atoms with van der Waals surface area (Å²) in [5.74, 6) is 1.22. The first kappa shape index (κ1) is 12.0.